The Bertz CT molecular complexity index is 952. The van der Waals surface area contributed by atoms with Crippen LogP contribution in [0.1, 0.15) is 55.8 Å². The summed E-state index contributed by atoms with van der Waals surface area (Å²) in [7, 11) is -0.903. The van der Waals surface area contributed by atoms with Crippen LogP contribution in [0.2, 0.25) is 5.02 Å². The lowest BCUT2D eigenvalue weighted by molar-refractivity contribution is -0.152. The molecule has 0 spiro atoms. The number of sulfonamides is 1. The number of hydrogen-bond acceptors (Lipinski definition) is 5. The Morgan fingerprint density at radius 2 is 1.63 bits per heavy atom. The van der Waals surface area contributed by atoms with Crippen molar-refractivity contribution in [3.63, 3.8) is 0 Å². The van der Waals surface area contributed by atoms with E-state index in [0.717, 1.165) is 23.6 Å². The van der Waals surface area contributed by atoms with Crippen molar-refractivity contribution in [3.8, 4) is 0 Å². The van der Waals surface area contributed by atoms with E-state index in [1.165, 1.54) is 51.6 Å². The minimum absolute atomic E-state index is 0.00291. The third kappa shape index (κ3) is 3.69. The summed E-state index contributed by atoms with van der Waals surface area (Å²) in [5, 5.41) is 0.0900. The maximum Gasteiger partial charge on any atom is 0.340 e. The average Bonchev–Trinajstić information content (AvgIpc) is 2.66. The fraction of sp³-hybridized carbons (Fsp3) is 0.636. The maximum atomic E-state index is 13.4. The molecule has 0 N–H and O–H groups in total. The van der Waals surface area contributed by atoms with Crippen LogP contribution in [-0.4, -0.2) is 44.7 Å². The van der Waals surface area contributed by atoms with Gasteiger partial charge >= 0.3 is 5.97 Å². The van der Waals surface area contributed by atoms with Crippen molar-refractivity contribution >= 4 is 33.4 Å². The molecule has 8 heteroatoms. The number of hydrogen-bond donors (Lipinski definition) is 0. The lowest BCUT2D eigenvalue weighted by Gasteiger charge is -2.56. The first-order chi connectivity index (χ1) is 14.0. The van der Waals surface area contributed by atoms with E-state index in [1.54, 1.807) is 6.92 Å². The highest BCUT2D eigenvalue weighted by Gasteiger charge is 2.55. The number of nitrogens with zero attached hydrogens (tertiary/aromatic N) is 1. The van der Waals surface area contributed by atoms with Crippen LogP contribution in [0.3, 0.4) is 0 Å². The molecule has 30 heavy (non-hydrogen) atoms. The van der Waals surface area contributed by atoms with Crippen molar-refractivity contribution in [2.24, 2.45) is 23.2 Å². The van der Waals surface area contributed by atoms with Crippen LogP contribution < -0.4 is 0 Å². The number of esters is 1. The molecule has 0 amide bonds. The fourth-order valence-electron chi connectivity index (χ4n) is 6.15. The van der Waals surface area contributed by atoms with Crippen LogP contribution in [0, 0.1) is 23.2 Å². The first-order valence-electron chi connectivity index (χ1n) is 10.5. The van der Waals surface area contributed by atoms with E-state index in [2.05, 4.69) is 0 Å². The molecule has 1 aromatic carbocycles. The molecule has 1 aromatic rings. The molecule has 6 nitrogen and oxygen atoms in total. The number of carbonyl (C=O) groups excluding carboxylic acids is 2. The third-order valence-electron chi connectivity index (χ3n) is 7.15. The molecule has 4 aliphatic rings. The largest absolute Gasteiger partial charge is 0.451 e. The zero-order valence-corrected chi connectivity index (χ0v) is 19.1. The summed E-state index contributed by atoms with van der Waals surface area (Å²) in [5.41, 5.74) is -0.418. The molecule has 4 fully saturated rings. The van der Waals surface area contributed by atoms with Gasteiger partial charge in [-0.05, 0) is 81.4 Å². The molecule has 5 rings (SSSR count). The molecule has 0 aliphatic heterocycles. The van der Waals surface area contributed by atoms with Gasteiger partial charge in [-0.2, -0.15) is 0 Å². The smallest absolute Gasteiger partial charge is 0.340 e. The van der Waals surface area contributed by atoms with Gasteiger partial charge in [0, 0.05) is 19.5 Å². The molecule has 0 unspecified atom stereocenters. The maximum absolute atomic E-state index is 13.4. The van der Waals surface area contributed by atoms with Crippen molar-refractivity contribution in [2.45, 2.75) is 56.4 Å². The van der Waals surface area contributed by atoms with Crippen LogP contribution in [0.25, 0.3) is 0 Å². The molecular formula is C22H28ClNO5S. The molecule has 0 heterocycles. The lowest BCUT2D eigenvalue weighted by Crippen LogP contribution is -2.52. The van der Waals surface area contributed by atoms with Crippen molar-refractivity contribution in [1.29, 1.82) is 0 Å². The quantitative estimate of drug-likeness (QED) is 0.610. The second kappa shape index (κ2) is 7.61. The Labute approximate surface area is 183 Å². The van der Waals surface area contributed by atoms with E-state index in [4.69, 9.17) is 16.3 Å². The standard InChI is InChI=1S/C22H28ClNO5S/c1-13(20(25)22-10-14-6-15(11-22)8-16(7-14)12-22)29-21(26)18-9-17(4-5-19(18)23)30(27,28)24(2)3/h4-5,9,13-16H,6-8,10-12H2,1-3H3/t13-,14?,15?,16?,22?/m1/s1. The Hall–Kier alpha value is -1.44. The van der Waals surface area contributed by atoms with Crippen LogP contribution in [-0.2, 0) is 19.6 Å². The van der Waals surface area contributed by atoms with Gasteiger partial charge in [-0.15, -0.1) is 0 Å². The summed E-state index contributed by atoms with van der Waals surface area (Å²) in [6.07, 6.45) is 5.49. The summed E-state index contributed by atoms with van der Waals surface area (Å²) in [4.78, 5) is 26.1. The highest BCUT2D eigenvalue weighted by atomic mass is 35.5. The van der Waals surface area contributed by atoms with E-state index in [0.29, 0.717) is 17.8 Å². The summed E-state index contributed by atoms with van der Waals surface area (Å²) >= 11 is 6.15. The Morgan fingerprint density at radius 1 is 1.10 bits per heavy atom. The number of halogens is 1. The van der Waals surface area contributed by atoms with Gasteiger partial charge in [0.15, 0.2) is 11.9 Å². The van der Waals surface area contributed by atoms with Gasteiger partial charge < -0.3 is 4.74 Å². The number of ketones is 1. The fourth-order valence-corrected chi connectivity index (χ4v) is 7.28. The molecule has 1 atom stereocenters. The number of benzene rings is 1. The molecule has 4 bridgehead atoms. The zero-order chi connectivity index (χ0) is 21.8. The van der Waals surface area contributed by atoms with Crippen molar-refractivity contribution < 1.29 is 22.7 Å². The summed E-state index contributed by atoms with van der Waals surface area (Å²) in [6, 6.07) is 3.92. The molecule has 0 radical (unpaired) electrons. The second-order valence-electron chi connectivity index (χ2n) is 9.54. The highest BCUT2D eigenvalue weighted by Crippen LogP contribution is 2.60. The van der Waals surface area contributed by atoms with E-state index in [9.17, 15) is 18.0 Å². The molecule has 4 aliphatic carbocycles. The summed E-state index contributed by atoms with van der Waals surface area (Å²) in [5.74, 6) is 1.07. The number of ether oxygens (including phenoxy) is 1. The van der Waals surface area contributed by atoms with Gasteiger partial charge in [0.05, 0.1) is 15.5 Å². The monoisotopic (exact) mass is 453 g/mol. The average molecular weight is 454 g/mol. The molecule has 4 saturated carbocycles. The van der Waals surface area contributed by atoms with Gasteiger partial charge in [-0.25, -0.2) is 17.5 Å². The summed E-state index contributed by atoms with van der Waals surface area (Å²) < 4.78 is 31.3. The predicted octanol–water partition coefficient (Wildman–Crippen LogP) is 3.92. The van der Waals surface area contributed by atoms with Gasteiger partial charge in [-0.3, -0.25) is 4.79 Å². The van der Waals surface area contributed by atoms with E-state index in [1.807, 2.05) is 0 Å². The summed E-state index contributed by atoms with van der Waals surface area (Å²) in [6.45, 7) is 1.62. The first-order valence-corrected chi connectivity index (χ1v) is 12.3. The van der Waals surface area contributed by atoms with Crippen molar-refractivity contribution in [2.75, 3.05) is 14.1 Å². The minimum Gasteiger partial charge on any atom is -0.451 e. The van der Waals surface area contributed by atoms with Crippen molar-refractivity contribution in [1.82, 2.24) is 4.31 Å². The molecule has 0 aromatic heterocycles. The van der Waals surface area contributed by atoms with Gasteiger partial charge in [0.2, 0.25) is 10.0 Å². The van der Waals surface area contributed by atoms with Crippen LogP contribution in [0.5, 0.6) is 0 Å². The van der Waals surface area contributed by atoms with Crippen LogP contribution in [0.15, 0.2) is 23.1 Å². The van der Waals surface area contributed by atoms with Gasteiger partial charge in [0.1, 0.15) is 0 Å². The highest BCUT2D eigenvalue weighted by molar-refractivity contribution is 7.89. The van der Waals surface area contributed by atoms with Gasteiger partial charge in [-0.1, -0.05) is 11.6 Å². The van der Waals surface area contributed by atoms with E-state index < -0.39 is 22.1 Å². The van der Waals surface area contributed by atoms with Crippen molar-refractivity contribution in [3.05, 3.63) is 28.8 Å². The Morgan fingerprint density at radius 3 is 2.13 bits per heavy atom. The number of Topliss-reactive ketones (excluding diaryl/α,β-unsaturated/α-hetero) is 1. The Kier molecular flexibility index (Phi) is 5.52. The number of rotatable bonds is 6. The number of carbonyl (C=O) groups is 2. The zero-order valence-electron chi connectivity index (χ0n) is 17.6. The molecular weight excluding hydrogens is 426 g/mol. The van der Waals surface area contributed by atoms with E-state index in [-0.39, 0.29) is 26.7 Å². The first kappa shape index (κ1) is 21.8. The van der Waals surface area contributed by atoms with Gasteiger partial charge in [0.25, 0.3) is 0 Å². The minimum atomic E-state index is -3.73. The molecule has 164 valence electrons. The topological polar surface area (TPSA) is 80.8 Å². The lowest BCUT2D eigenvalue weighted by atomic mass is 9.48. The van der Waals surface area contributed by atoms with Crippen LogP contribution in [0.4, 0.5) is 0 Å². The van der Waals surface area contributed by atoms with E-state index >= 15 is 0 Å². The predicted molar refractivity (Wildman–Crippen MR) is 113 cm³/mol. The normalized spacial score (nSPS) is 31.0. The third-order valence-corrected chi connectivity index (χ3v) is 9.29. The molecule has 0 saturated heterocycles. The Balaban J connectivity index is 1.52. The second-order valence-corrected chi connectivity index (χ2v) is 12.1. The SMILES string of the molecule is C[C@@H](OC(=O)c1cc(S(=O)(=O)N(C)C)ccc1Cl)C(=O)C12CC3CC(CC(C3)C1)C2. The van der Waals surface area contributed by atoms with Crippen LogP contribution >= 0.6 is 11.6 Å².